The lowest BCUT2D eigenvalue weighted by Crippen LogP contribution is -2.28. The number of rotatable bonds is 1. The molecule has 1 aliphatic rings. The summed E-state index contributed by atoms with van der Waals surface area (Å²) in [4.78, 5) is 9.21. The van der Waals surface area contributed by atoms with Crippen LogP contribution in [0.1, 0.15) is 20.3 Å². The minimum absolute atomic E-state index is 0.354. The summed E-state index contributed by atoms with van der Waals surface area (Å²) in [6.07, 6.45) is 1.68. The van der Waals surface area contributed by atoms with E-state index in [1.165, 1.54) is 6.20 Å². The molecule has 1 fully saturated rings. The number of hydrogen-bond donors (Lipinski definition) is 0. The van der Waals surface area contributed by atoms with Gasteiger partial charge in [0.2, 0.25) is 0 Å². The molecule has 0 radical (unpaired) electrons. The van der Waals surface area contributed by atoms with Crippen molar-refractivity contribution < 1.29 is 4.39 Å². The number of hydrogen-bond acceptors (Lipinski definition) is 3. The van der Waals surface area contributed by atoms with Gasteiger partial charge in [0.1, 0.15) is 5.02 Å². The van der Waals surface area contributed by atoms with Crippen LogP contribution in [0.5, 0.6) is 0 Å². The Morgan fingerprint density at radius 1 is 1.53 bits per heavy atom. The van der Waals surface area contributed by atoms with Crippen LogP contribution in [0.3, 0.4) is 0 Å². The third kappa shape index (κ3) is 2.04. The van der Waals surface area contributed by atoms with E-state index in [-0.39, 0.29) is 0 Å². The molecule has 3 nitrogen and oxygen atoms in total. The fraction of sp³-hybridized carbons (Fsp3) is 0.600. The van der Waals surface area contributed by atoms with Crippen molar-refractivity contribution in [2.24, 2.45) is 5.92 Å². The van der Waals surface area contributed by atoms with E-state index >= 15 is 0 Å². The molecular weight excluding hydrogens is 217 g/mol. The third-order valence-electron chi connectivity index (χ3n) is 2.75. The zero-order valence-corrected chi connectivity index (χ0v) is 9.50. The lowest BCUT2D eigenvalue weighted by atomic mass is 10.1. The Balaban J connectivity index is 2.32. The van der Waals surface area contributed by atoms with Crippen LogP contribution in [0.2, 0.25) is 5.02 Å². The van der Waals surface area contributed by atoms with E-state index < -0.39 is 6.08 Å². The summed E-state index contributed by atoms with van der Waals surface area (Å²) in [5.41, 5.74) is 0. The number of halogens is 2. The molecule has 1 aliphatic heterocycles. The Kier molecular flexibility index (Phi) is 2.78. The van der Waals surface area contributed by atoms with Gasteiger partial charge in [0.25, 0.3) is 0 Å². The monoisotopic (exact) mass is 229 g/mol. The molecule has 82 valence electrons. The topological polar surface area (TPSA) is 29.0 Å². The van der Waals surface area contributed by atoms with E-state index in [4.69, 9.17) is 11.6 Å². The first-order valence-electron chi connectivity index (χ1n) is 5.02. The maximum atomic E-state index is 12.9. The highest BCUT2D eigenvalue weighted by molar-refractivity contribution is 6.32. The normalized spacial score (nSPS) is 26.0. The minimum Gasteiger partial charge on any atom is -0.352 e. The molecule has 2 rings (SSSR count). The standard InChI is InChI=1S/C10H13ClFN3/c1-6-3-7(2)15(5-6)9-8(11)4-13-10(12)14-9/h4,6-7H,3,5H2,1-2H3. The summed E-state index contributed by atoms with van der Waals surface area (Å²) >= 11 is 5.96. The third-order valence-corrected chi connectivity index (χ3v) is 3.02. The quantitative estimate of drug-likeness (QED) is 0.693. The predicted molar refractivity (Wildman–Crippen MR) is 57.6 cm³/mol. The van der Waals surface area contributed by atoms with Gasteiger partial charge in [0, 0.05) is 12.6 Å². The Bertz CT molecular complexity index is 372. The van der Waals surface area contributed by atoms with Crippen molar-refractivity contribution in [3.63, 3.8) is 0 Å². The van der Waals surface area contributed by atoms with Gasteiger partial charge in [-0.25, -0.2) is 4.98 Å². The van der Waals surface area contributed by atoms with E-state index in [9.17, 15) is 4.39 Å². The molecule has 5 heteroatoms. The van der Waals surface area contributed by atoms with Crippen molar-refractivity contribution in [1.82, 2.24) is 9.97 Å². The highest BCUT2D eigenvalue weighted by Crippen LogP contribution is 2.31. The SMILES string of the molecule is CC1CC(C)N(c2nc(F)ncc2Cl)C1. The molecule has 2 atom stereocenters. The van der Waals surface area contributed by atoms with E-state index in [2.05, 4.69) is 23.8 Å². The highest BCUT2D eigenvalue weighted by Gasteiger charge is 2.28. The first kappa shape index (κ1) is 10.6. The molecule has 0 saturated carbocycles. The lowest BCUT2D eigenvalue weighted by Gasteiger charge is -2.23. The zero-order chi connectivity index (χ0) is 11.0. The predicted octanol–water partition coefficient (Wildman–Crippen LogP) is 2.50. The van der Waals surface area contributed by atoms with Gasteiger partial charge in [0.15, 0.2) is 5.82 Å². The fourth-order valence-electron chi connectivity index (χ4n) is 2.13. The van der Waals surface area contributed by atoms with Gasteiger partial charge in [-0.1, -0.05) is 18.5 Å². The van der Waals surface area contributed by atoms with Gasteiger partial charge in [-0.05, 0) is 19.3 Å². The summed E-state index contributed by atoms with van der Waals surface area (Å²) in [5.74, 6) is 1.11. The average molecular weight is 230 g/mol. The Morgan fingerprint density at radius 2 is 2.27 bits per heavy atom. The second kappa shape index (κ2) is 3.93. The molecule has 2 unspecified atom stereocenters. The van der Waals surface area contributed by atoms with E-state index in [0.717, 1.165) is 13.0 Å². The van der Waals surface area contributed by atoms with Crippen LogP contribution in [-0.4, -0.2) is 22.6 Å². The van der Waals surface area contributed by atoms with Gasteiger partial charge in [-0.15, -0.1) is 0 Å². The fourth-order valence-corrected chi connectivity index (χ4v) is 2.33. The molecule has 0 aromatic carbocycles. The number of anilines is 1. The van der Waals surface area contributed by atoms with Crippen molar-refractivity contribution >= 4 is 17.4 Å². The first-order valence-corrected chi connectivity index (χ1v) is 5.40. The van der Waals surface area contributed by atoms with Crippen LogP contribution in [0.25, 0.3) is 0 Å². The van der Waals surface area contributed by atoms with E-state index in [1.807, 2.05) is 4.90 Å². The van der Waals surface area contributed by atoms with Gasteiger partial charge in [-0.2, -0.15) is 9.37 Å². The van der Waals surface area contributed by atoms with E-state index in [0.29, 0.717) is 22.8 Å². The zero-order valence-electron chi connectivity index (χ0n) is 8.74. The molecule has 0 amide bonds. The van der Waals surface area contributed by atoms with Crippen molar-refractivity contribution in [2.75, 3.05) is 11.4 Å². The molecule has 1 saturated heterocycles. The molecule has 1 aromatic heterocycles. The molecule has 0 bridgehead atoms. The van der Waals surface area contributed by atoms with Gasteiger partial charge in [-0.3, -0.25) is 0 Å². The Labute approximate surface area is 93.3 Å². The first-order chi connectivity index (χ1) is 7.08. The molecule has 0 aliphatic carbocycles. The number of nitrogens with zero attached hydrogens (tertiary/aromatic N) is 3. The van der Waals surface area contributed by atoms with Crippen LogP contribution in [0, 0.1) is 12.0 Å². The maximum Gasteiger partial charge on any atom is 0.310 e. The van der Waals surface area contributed by atoms with Crippen molar-refractivity contribution in [2.45, 2.75) is 26.3 Å². The van der Waals surface area contributed by atoms with Crippen molar-refractivity contribution in [3.05, 3.63) is 17.3 Å². The Hall–Kier alpha value is -0.900. The van der Waals surface area contributed by atoms with Crippen LogP contribution in [0.4, 0.5) is 10.2 Å². The largest absolute Gasteiger partial charge is 0.352 e. The molecule has 0 spiro atoms. The molecular formula is C10H13ClFN3. The van der Waals surface area contributed by atoms with Crippen molar-refractivity contribution in [1.29, 1.82) is 0 Å². The lowest BCUT2D eigenvalue weighted by molar-refractivity contribution is 0.536. The molecule has 1 aromatic rings. The van der Waals surface area contributed by atoms with Gasteiger partial charge >= 0.3 is 6.08 Å². The smallest absolute Gasteiger partial charge is 0.310 e. The molecule has 15 heavy (non-hydrogen) atoms. The molecule has 0 N–H and O–H groups in total. The molecule has 2 heterocycles. The minimum atomic E-state index is -0.721. The summed E-state index contributed by atoms with van der Waals surface area (Å²) < 4.78 is 12.9. The van der Waals surface area contributed by atoms with Crippen LogP contribution >= 0.6 is 11.6 Å². The number of aromatic nitrogens is 2. The average Bonchev–Trinajstić information content (AvgIpc) is 2.50. The van der Waals surface area contributed by atoms with Gasteiger partial charge < -0.3 is 4.90 Å². The van der Waals surface area contributed by atoms with Crippen LogP contribution < -0.4 is 4.90 Å². The van der Waals surface area contributed by atoms with E-state index in [1.54, 1.807) is 0 Å². The van der Waals surface area contributed by atoms with Gasteiger partial charge in [0.05, 0.1) is 6.20 Å². The van der Waals surface area contributed by atoms with Crippen LogP contribution in [0.15, 0.2) is 6.20 Å². The second-order valence-electron chi connectivity index (χ2n) is 4.15. The summed E-state index contributed by atoms with van der Waals surface area (Å²) in [6, 6.07) is 0.354. The second-order valence-corrected chi connectivity index (χ2v) is 4.56. The summed E-state index contributed by atoms with van der Waals surface area (Å²) in [7, 11) is 0. The van der Waals surface area contributed by atoms with Crippen LogP contribution in [-0.2, 0) is 0 Å². The van der Waals surface area contributed by atoms with Crippen molar-refractivity contribution in [3.8, 4) is 0 Å². The maximum absolute atomic E-state index is 12.9. The summed E-state index contributed by atoms with van der Waals surface area (Å²) in [5, 5.41) is 0.414. The summed E-state index contributed by atoms with van der Waals surface area (Å²) in [6.45, 7) is 5.14. The Morgan fingerprint density at radius 3 is 2.87 bits per heavy atom. The highest BCUT2D eigenvalue weighted by atomic mass is 35.5.